The number of nitrogens with zero attached hydrogens (tertiary/aromatic N) is 5. The Labute approximate surface area is 222 Å². The first-order valence-electron chi connectivity index (χ1n) is 12.2. The van der Waals surface area contributed by atoms with Gasteiger partial charge in [-0.05, 0) is 25.1 Å². The normalized spacial score (nSPS) is 12.9. The van der Waals surface area contributed by atoms with Gasteiger partial charge in [0, 0.05) is 48.1 Å². The molecule has 4 aromatic rings. The molecule has 5 rings (SSSR count). The number of carbonyl (C=O) groups is 1. The van der Waals surface area contributed by atoms with E-state index in [2.05, 4.69) is 30.6 Å². The maximum Gasteiger partial charge on any atom is 0.278 e. The average Bonchev–Trinajstić information content (AvgIpc) is 3.55. The number of anilines is 2. The molecular formula is C25H25F2N7O4S. The number of carbonyl (C=O) groups excluding carboxylic acids is 1. The lowest BCUT2D eigenvalue weighted by Crippen LogP contribution is -2.23. The van der Waals surface area contributed by atoms with E-state index in [1.54, 1.807) is 12.1 Å². The number of nitrogens with one attached hydrogen (secondary N) is 2. The fourth-order valence-corrected chi connectivity index (χ4v) is 5.43. The topological polar surface area (TPSA) is 141 Å². The summed E-state index contributed by atoms with van der Waals surface area (Å²) in [5.41, 5.74) is 1.61. The number of ether oxygens (including phenoxy) is 1. The number of rotatable bonds is 9. The zero-order valence-corrected chi connectivity index (χ0v) is 21.9. The van der Waals surface area contributed by atoms with Gasteiger partial charge in [-0.15, -0.1) is 0 Å². The second-order valence-corrected chi connectivity index (χ2v) is 10.9. The number of halogens is 2. The molecule has 1 aromatic carbocycles. The number of sulfone groups is 1. The maximum absolute atomic E-state index is 14.0. The Bertz CT molecular complexity index is 1670. The Kier molecular flexibility index (Phi) is 7.12. The SMILES string of the molecule is CCNC(=O)c1ccc(Nc2ncc3cc(C(F)F)n(Cc4nccnc4S(=O)(=O)CC)c3n2)c2c1CCO2. The summed E-state index contributed by atoms with van der Waals surface area (Å²) in [6, 6.07) is 4.62. The molecule has 0 saturated carbocycles. The van der Waals surface area contributed by atoms with Crippen molar-refractivity contribution in [3.63, 3.8) is 0 Å². The molecule has 1 amide bonds. The molecule has 39 heavy (non-hydrogen) atoms. The molecule has 0 spiro atoms. The second-order valence-electron chi connectivity index (χ2n) is 8.69. The zero-order valence-electron chi connectivity index (χ0n) is 21.1. The van der Waals surface area contributed by atoms with Crippen LogP contribution in [0.1, 0.15) is 47.6 Å². The van der Waals surface area contributed by atoms with Crippen molar-refractivity contribution in [1.29, 1.82) is 0 Å². The van der Waals surface area contributed by atoms with Crippen molar-refractivity contribution < 1.29 is 26.7 Å². The maximum atomic E-state index is 14.0. The first-order chi connectivity index (χ1) is 18.7. The molecule has 0 bridgehead atoms. The molecule has 14 heteroatoms. The van der Waals surface area contributed by atoms with Crippen LogP contribution in [0, 0.1) is 0 Å². The Morgan fingerprint density at radius 3 is 2.72 bits per heavy atom. The third-order valence-electron chi connectivity index (χ3n) is 6.30. The van der Waals surface area contributed by atoms with Crippen LogP contribution in [0.4, 0.5) is 20.4 Å². The molecule has 0 fully saturated rings. The standard InChI is InChI=1S/C25H25F2N7O4S/c1-3-28-23(35)16-5-6-17(20-15(16)7-10-38-20)32-25-31-12-14-11-19(21(26)27)34(22(14)33-25)13-18-24(30-9-8-29-18)39(36,37)4-2/h5-6,8-9,11-12,21H,3-4,7,10,13H2,1-2H3,(H,28,35)(H,31,32,33). The molecule has 1 aliphatic rings. The van der Waals surface area contributed by atoms with Crippen LogP contribution >= 0.6 is 0 Å². The molecule has 204 valence electrons. The molecule has 1 aliphatic heterocycles. The highest BCUT2D eigenvalue weighted by molar-refractivity contribution is 7.91. The van der Waals surface area contributed by atoms with Crippen molar-refractivity contribution in [3.8, 4) is 5.75 Å². The molecule has 0 unspecified atom stereocenters. The van der Waals surface area contributed by atoms with Crippen molar-refractivity contribution >= 4 is 38.4 Å². The molecule has 3 aromatic heterocycles. The van der Waals surface area contributed by atoms with E-state index in [9.17, 15) is 22.0 Å². The van der Waals surface area contributed by atoms with Gasteiger partial charge in [0.15, 0.2) is 14.9 Å². The van der Waals surface area contributed by atoms with Crippen LogP contribution in [0.3, 0.4) is 0 Å². The summed E-state index contributed by atoms with van der Waals surface area (Å²) in [4.78, 5) is 29.3. The van der Waals surface area contributed by atoms with Gasteiger partial charge in [0.05, 0.1) is 36.0 Å². The minimum atomic E-state index is -3.75. The van der Waals surface area contributed by atoms with Crippen LogP contribution < -0.4 is 15.4 Å². The Morgan fingerprint density at radius 1 is 1.18 bits per heavy atom. The highest BCUT2D eigenvalue weighted by Crippen LogP contribution is 2.38. The molecule has 11 nitrogen and oxygen atoms in total. The first-order valence-corrected chi connectivity index (χ1v) is 13.9. The predicted molar refractivity (Wildman–Crippen MR) is 138 cm³/mol. The smallest absolute Gasteiger partial charge is 0.278 e. The fraction of sp³-hybridized carbons (Fsp3) is 0.320. The van der Waals surface area contributed by atoms with Crippen LogP contribution in [-0.4, -0.2) is 57.7 Å². The van der Waals surface area contributed by atoms with Crippen molar-refractivity contribution in [2.75, 3.05) is 24.2 Å². The van der Waals surface area contributed by atoms with Gasteiger partial charge < -0.3 is 19.9 Å². The minimum Gasteiger partial charge on any atom is -0.491 e. The molecule has 0 aliphatic carbocycles. The molecule has 4 heterocycles. The molecule has 2 N–H and O–H groups in total. The Morgan fingerprint density at radius 2 is 1.97 bits per heavy atom. The van der Waals surface area contributed by atoms with E-state index >= 15 is 0 Å². The van der Waals surface area contributed by atoms with E-state index in [0.29, 0.717) is 42.0 Å². The van der Waals surface area contributed by atoms with E-state index in [-0.39, 0.29) is 46.2 Å². The number of alkyl halides is 2. The highest BCUT2D eigenvalue weighted by Gasteiger charge is 2.26. The van der Waals surface area contributed by atoms with Crippen molar-refractivity contribution in [1.82, 2.24) is 29.8 Å². The number of benzene rings is 1. The Hall–Kier alpha value is -4.20. The van der Waals surface area contributed by atoms with E-state index in [0.717, 1.165) is 5.56 Å². The van der Waals surface area contributed by atoms with Crippen LogP contribution in [-0.2, 0) is 22.8 Å². The van der Waals surface area contributed by atoms with Gasteiger partial charge in [0.25, 0.3) is 12.3 Å². The largest absolute Gasteiger partial charge is 0.491 e. The lowest BCUT2D eigenvalue weighted by molar-refractivity contribution is 0.0955. The van der Waals surface area contributed by atoms with Gasteiger partial charge in [0.1, 0.15) is 11.4 Å². The van der Waals surface area contributed by atoms with Gasteiger partial charge in [-0.25, -0.2) is 27.2 Å². The van der Waals surface area contributed by atoms with Gasteiger partial charge in [-0.1, -0.05) is 6.92 Å². The van der Waals surface area contributed by atoms with E-state index in [4.69, 9.17) is 4.74 Å². The monoisotopic (exact) mass is 557 g/mol. The molecule has 0 saturated heterocycles. The number of fused-ring (bicyclic) bond motifs is 2. The van der Waals surface area contributed by atoms with Crippen molar-refractivity contribution in [2.45, 2.75) is 38.3 Å². The van der Waals surface area contributed by atoms with Crippen LogP contribution in [0.15, 0.2) is 41.8 Å². The van der Waals surface area contributed by atoms with Gasteiger partial charge >= 0.3 is 0 Å². The van der Waals surface area contributed by atoms with Gasteiger partial charge in [0.2, 0.25) is 5.95 Å². The third-order valence-corrected chi connectivity index (χ3v) is 7.99. The predicted octanol–water partition coefficient (Wildman–Crippen LogP) is 3.43. The second kappa shape index (κ2) is 10.5. The first kappa shape index (κ1) is 26.4. The number of amides is 1. The summed E-state index contributed by atoms with van der Waals surface area (Å²) >= 11 is 0. The van der Waals surface area contributed by atoms with E-state index in [1.165, 1.54) is 36.1 Å². The van der Waals surface area contributed by atoms with E-state index in [1.807, 2.05) is 6.92 Å². The lowest BCUT2D eigenvalue weighted by atomic mass is 10.0. The van der Waals surface area contributed by atoms with Crippen molar-refractivity contribution in [3.05, 3.63) is 59.3 Å². The summed E-state index contributed by atoms with van der Waals surface area (Å²) in [5.74, 6) is 0.190. The van der Waals surface area contributed by atoms with E-state index < -0.39 is 16.3 Å². The van der Waals surface area contributed by atoms with Crippen LogP contribution in [0.25, 0.3) is 11.0 Å². The summed E-state index contributed by atoms with van der Waals surface area (Å²) in [6.45, 7) is 3.91. The fourth-order valence-electron chi connectivity index (χ4n) is 4.46. The van der Waals surface area contributed by atoms with Crippen LogP contribution in [0.2, 0.25) is 0 Å². The molecule has 0 atom stereocenters. The summed E-state index contributed by atoms with van der Waals surface area (Å²) < 4.78 is 60.2. The van der Waals surface area contributed by atoms with Gasteiger partial charge in [-0.3, -0.25) is 9.78 Å². The average molecular weight is 558 g/mol. The molecule has 0 radical (unpaired) electrons. The van der Waals surface area contributed by atoms with Crippen molar-refractivity contribution in [2.24, 2.45) is 0 Å². The molecular weight excluding hydrogens is 532 g/mol. The zero-order chi connectivity index (χ0) is 27.7. The highest BCUT2D eigenvalue weighted by atomic mass is 32.2. The number of hydrogen-bond donors (Lipinski definition) is 2. The number of hydrogen-bond acceptors (Lipinski definition) is 9. The summed E-state index contributed by atoms with van der Waals surface area (Å²) in [5, 5.41) is 5.93. The van der Waals surface area contributed by atoms with Gasteiger partial charge in [-0.2, -0.15) is 4.98 Å². The quantitative estimate of drug-likeness (QED) is 0.317. The van der Waals surface area contributed by atoms with Crippen LogP contribution in [0.5, 0.6) is 5.75 Å². The lowest BCUT2D eigenvalue weighted by Gasteiger charge is -2.14. The third kappa shape index (κ3) is 4.99. The Balaban J connectivity index is 1.55. The summed E-state index contributed by atoms with van der Waals surface area (Å²) in [7, 11) is -3.75. The summed E-state index contributed by atoms with van der Waals surface area (Å²) in [6.07, 6.45) is 1.65. The minimum absolute atomic E-state index is 0.0269. The number of aromatic nitrogens is 5.